The highest BCUT2D eigenvalue weighted by atomic mass is 16.5. The van der Waals surface area contributed by atoms with Crippen LogP contribution in [0.5, 0.6) is 0 Å². The predicted octanol–water partition coefficient (Wildman–Crippen LogP) is -0.854. The average Bonchev–Trinajstić information content (AvgIpc) is 2.18. The van der Waals surface area contributed by atoms with Crippen LogP contribution in [0.25, 0.3) is 0 Å². The fourth-order valence-electron chi connectivity index (χ4n) is 0.850. The van der Waals surface area contributed by atoms with E-state index in [9.17, 15) is 9.59 Å². The minimum Gasteiger partial charge on any atom is -0.383 e. The summed E-state index contributed by atoms with van der Waals surface area (Å²) >= 11 is 0. The standard InChI is InChI=1S/C8H11N3O3/c1-14-3-2-9-8(13)6-4-7(12)11-5-10-6/h4-5H,2-3H2,1H3,(H,9,13)(H,10,11,12). The van der Waals surface area contributed by atoms with E-state index in [2.05, 4.69) is 15.3 Å². The number of nitrogens with zero attached hydrogens (tertiary/aromatic N) is 1. The lowest BCUT2D eigenvalue weighted by molar-refractivity contribution is 0.0932. The molecule has 0 aliphatic rings. The molecule has 14 heavy (non-hydrogen) atoms. The maximum atomic E-state index is 11.3. The van der Waals surface area contributed by atoms with Gasteiger partial charge in [0, 0.05) is 19.7 Å². The van der Waals surface area contributed by atoms with E-state index in [1.165, 1.54) is 13.4 Å². The lowest BCUT2D eigenvalue weighted by atomic mass is 10.4. The molecule has 0 aromatic carbocycles. The highest BCUT2D eigenvalue weighted by Gasteiger charge is 2.05. The average molecular weight is 197 g/mol. The zero-order chi connectivity index (χ0) is 10.4. The summed E-state index contributed by atoms with van der Waals surface area (Å²) in [7, 11) is 1.54. The van der Waals surface area contributed by atoms with Crippen molar-refractivity contribution in [2.24, 2.45) is 0 Å². The Kier molecular flexibility index (Phi) is 3.81. The van der Waals surface area contributed by atoms with Gasteiger partial charge >= 0.3 is 0 Å². The normalized spacial score (nSPS) is 9.79. The van der Waals surface area contributed by atoms with Gasteiger partial charge in [0.1, 0.15) is 5.69 Å². The number of aromatic amines is 1. The Bertz CT molecular complexity index is 361. The second-order valence-corrected chi connectivity index (χ2v) is 2.55. The number of methoxy groups -OCH3 is 1. The Hall–Kier alpha value is -1.69. The highest BCUT2D eigenvalue weighted by Crippen LogP contribution is 1.86. The van der Waals surface area contributed by atoms with Gasteiger partial charge in [0.05, 0.1) is 12.9 Å². The molecule has 0 radical (unpaired) electrons. The molecule has 0 bridgehead atoms. The number of nitrogens with one attached hydrogen (secondary N) is 2. The van der Waals surface area contributed by atoms with Crippen LogP contribution in [0.15, 0.2) is 17.2 Å². The number of amides is 1. The van der Waals surface area contributed by atoms with E-state index in [1.54, 1.807) is 0 Å². The minimum absolute atomic E-state index is 0.102. The number of aromatic nitrogens is 2. The Morgan fingerprint density at radius 1 is 1.71 bits per heavy atom. The van der Waals surface area contributed by atoms with Crippen LogP contribution >= 0.6 is 0 Å². The summed E-state index contributed by atoms with van der Waals surface area (Å²) in [4.78, 5) is 28.1. The number of hydrogen-bond donors (Lipinski definition) is 2. The lowest BCUT2D eigenvalue weighted by Gasteiger charge is -2.02. The number of rotatable bonds is 4. The Morgan fingerprint density at radius 3 is 3.14 bits per heavy atom. The second-order valence-electron chi connectivity index (χ2n) is 2.55. The molecule has 0 aliphatic heterocycles. The molecule has 6 heteroatoms. The maximum absolute atomic E-state index is 11.3. The van der Waals surface area contributed by atoms with Crippen molar-refractivity contribution in [1.29, 1.82) is 0 Å². The summed E-state index contributed by atoms with van der Waals surface area (Å²) in [5.41, 5.74) is -0.248. The maximum Gasteiger partial charge on any atom is 0.270 e. The summed E-state index contributed by atoms with van der Waals surface area (Å²) in [5, 5.41) is 2.55. The first-order valence-corrected chi connectivity index (χ1v) is 4.06. The summed E-state index contributed by atoms with van der Waals surface area (Å²) < 4.78 is 4.75. The van der Waals surface area contributed by atoms with Crippen molar-refractivity contribution < 1.29 is 9.53 Å². The number of carbonyl (C=O) groups excluding carboxylic acids is 1. The van der Waals surface area contributed by atoms with Crippen molar-refractivity contribution >= 4 is 5.91 Å². The molecule has 6 nitrogen and oxygen atoms in total. The fourth-order valence-corrected chi connectivity index (χ4v) is 0.850. The quantitative estimate of drug-likeness (QED) is 0.615. The second kappa shape index (κ2) is 5.13. The molecule has 1 heterocycles. The Morgan fingerprint density at radius 2 is 2.50 bits per heavy atom. The van der Waals surface area contributed by atoms with E-state index in [4.69, 9.17) is 4.74 Å². The van der Waals surface area contributed by atoms with Crippen LogP contribution < -0.4 is 10.9 Å². The van der Waals surface area contributed by atoms with E-state index in [0.717, 1.165) is 6.07 Å². The molecule has 0 fully saturated rings. The molecule has 0 spiro atoms. The van der Waals surface area contributed by atoms with E-state index in [0.29, 0.717) is 13.2 Å². The van der Waals surface area contributed by atoms with Gasteiger partial charge in [-0.05, 0) is 0 Å². The number of H-pyrrole nitrogens is 1. The molecule has 0 atom stereocenters. The Balaban J connectivity index is 2.56. The number of ether oxygens (including phenoxy) is 1. The summed E-state index contributed by atoms with van der Waals surface area (Å²) in [6.07, 6.45) is 1.19. The molecule has 0 aliphatic carbocycles. The predicted molar refractivity (Wildman–Crippen MR) is 49.1 cm³/mol. The van der Waals surface area contributed by atoms with E-state index in [-0.39, 0.29) is 17.2 Å². The van der Waals surface area contributed by atoms with Crippen LogP contribution in [-0.2, 0) is 4.74 Å². The molecule has 1 rings (SSSR count). The first-order chi connectivity index (χ1) is 6.74. The highest BCUT2D eigenvalue weighted by molar-refractivity contribution is 5.91. The van der Waals surface area contributed by atoms with Crippen LogP contribution in [0, 0.1) is 0 Å². The van der Waals surface area contributed by atoms with Crippen LogP contribution in [0.2, 0.25) is 0 Å². The van der Waals surface area contributed by atoms with Crippen LogP contribution in [0.3, 0.4) is 0 Å². The zero-order valence-electron chi connectivity index (χ0n) is 7.74. The molecule has 0 unspecified atom stereocenters. The van der Waals surface area contributed by atoms with E-state index >= 15 is 0 Å². The topological polar surface area (TPSA) is 84.1 Å². The van der Waals surface area contributed by atoms with Gasteiger partial charge in [-0.15, -0.1) is 0 Å². The SMILES string of the molecule is COCCNC(=O)c1cc(=O)[nH]cn1. The van der Waals surface area contributed by atoms with Crippen LogP contribution in [0.4, 0.5) is 0 Å². The first-order valence-electron chi connectivity index (χ1n) is 4.06. The van der Waals surface area contributed by atoms with E-state index in [1.807, 2.05) is 0 Å². The zero-order valence-corrected chi connectivity index (χ0v) is 7.74. The molecule has 2 N–H and O–H groups in total. The van der Waals surface area contributed by atoms with Crippen molar-refractivity contribution in [3.8, 4) is 0 Å². The monoisotopic (exact) mass is 197 g/mol. The smallest absolute Gasteiger partial charge is 0.270 e. The van der Waals surface area contributed by atoms with Gasteiger partial charge in [0.25, 0.3) is 11.5 Å². The van der Waals surface area contributed by atoms with Crippen LogP contribution in [0.1, 0.15) is 10.5 Å². The van der Waals surface area contributed by atoms with Gasteiger partial charge in [-0.3, -0.25) is 9.59 Å². The molecule has 0 saturated carbocycles. The fraction of sp³-hybridized carbons (Fsp3) is 0.375. The number of hydrogen-bond acceptors (Lipinski definition) is 4. The van der Waals surface area contributed by atoms with Gasteiger partial charge in [-0.25, -0.2) is 4.98 Å². The third-order valence-electron chi connectivity index (χ3n) is 1.50. The third-order valence-corrected chi connectivity index (χ3v) is 1.50. The summed E-state index contributed by atoms with van der Waals surface area (Å²) in [6.45, 7) is 0.818. The van der Waals surface area contributed by atoms with Gasteiger partial charge in [-0.1, -0.05) is 0 Å². The molecular weight excluding hydrogens is 186 g/mol. The van der Waals surface area contributed by atoms with Crippen LogP contribution in [-0.4, -0.2) is 36.1 Å². The molecule has 0 saturated heterocycles. The minimum atomic E-state index is -0.381. The molecular formula is C8H11N3O3. The van der Waals surface area contributed by atoms with Crippen molar-refractivity contribution in [2.75, 3.05) is 20.3 Å². The van der Waals surface area contributed by atoms with Gasteiger partial charge in [0.2, 0.25) is 0 Å². The van der Waals surface area contributed by atoms with Crippen molar-refractivity contribution in [2.45, 2.75) is 0 Å². The van der Waals surface area contributed by atoms with E-state index < -0.39 is 0 Å². The lowest BCUT2D eigenvalue weighted by Crippen LogP contribution is -2.28. The van der Waals surface area contributed by atoms with Gasteiger partial charge in [-0.2, -0.15) is 0 Å². The largest absolute Gasteiger partial charge is 0.383 e. The summed E-state index contributed by atoms with van der Waals surface area (Å²) in [6, 6.07) is 1.14. The first kappa shape index (κ1) is 10.4. The van der Waals surface area contributed by atoms with Gasteiger partial charge in [0.15, 0.2) is 0 Å². The molecule has 76 valence electrons. The molecule has 1 aromatic rings. The van der Waals surface area contributed by atoms with Crippen molar-refractivity contribution in [3.05, 3.63) is 28.4 Å². The Labute approximate surface area is 80.3 Å². The van der Waals surface area contributed by atoms with Gasteiger partial charge < -0.3 is 15.0 Å². The molecule has 1 amide bonds. The van der Waals surface area contributed by atoms with Crippen molar-refractivity contribution in [1.82, 2.24) is 15.3 Å². The van der Waals surface area contributed by atoms with Crippen molar-refractivity contribution in [3.63, 3.8) is 0 Å². The third kappa shape index (κ3) is 2.98. The summed E-state index contributed by atoms with van der Waals surface area (Å²) in [5.74, 6) is -0.381. The number of carbonyl (C=O) groups is 1. The molecule has 1 aromatic heterocycles.